The summed E-state index contributed by atoms with van der Waals surface area (Å²) in [6.45, 7) is 6.12. The average molecular weight is 277 g/mol. The summed E-state index contributed by atoms with van der Waals surface area (Å²) in [7, 11) is -3.04. The molecule has 1 fully saturated rings. The van der Waals surface area contributed by atoms with Gasteiger partial charge in [-0.1, -0.05) is 0 Å². The quantitative estimate of drug-likeness (QED) is 0.615. The van der Waals surface area contributed by atoms with E-state index in [0.29, 0.717) is 19.2 Å². The van der Waals surface area contributed by atoms with Crippen molar-refractivity contribution >= 4 is 15.8 Å². The molecule has 0 bridgehead atoms. The van der Waals surface area contributed by atoms with E-state index in [4.69, 9.17) is 4.74 Å². The van der Waals surface area contributed by atoms with E-state index in [-0.39, 0.29) is 23.5 Å². The summed E-state index contributed by atoms with van der Waals surface area (Å²) in [5.41, 5.74) is 0. The third-order valence-electron chi connectivity index (χ3n) is 3.08. The maximum Gasteiger partial charge on any atom is 0.320 e. The number of hydrogen-bond donors (Lipinski definition) is 0. The van der Waals surface area contributed by atoms with Crippen LogP contribution in [0.25, 0.3) is 0 Å². The molecular formula is C12H23NO4S. The molecule has 106 valence electrons. The molecule has 0 aromatic rings. The largest absolute Gasteiger partial charge is 0.465 e. The van der Waals surface area contributed by atoms with Gasteiger partial charge >= 0.3 is 5.97 Å². The zero-order chi connectivity index (χ0) is 13.8. The number of hydrogen-bond acceptors (Lipinski definition) is 5. The highest BCUT2D eigenvalue weighted by Gasteiger charge is 2.31. The number of carbonyl (C=O) groups is 1. The molecule has 0 atom stereocenters. The van der Waals surface area contributed by atoms with Crippen molar-refractivity contribution in [1.82, 2.24) is 4.90 Å². The lowest BCUT2D eigenvalue weighted by Gasteiger charge is -2.21. The Kier molecular flexibility index (Phi) is 5.59. The molecule has 0 heterocycles. The lowest BCUT2D eigenvalue weighted by Crippen LogP contribution is -2.37. The van der Waals surface area contributed by atoms with Crippen molar-refractivity contribution in [2.24, 2.45) is 0 Å². The molecule has 0 aromatic heterocycles. The van der Waals surface area contributed by atoms with Crippen molar-refractivity contribution in [3.63, 3.8) is 0 Å². The fourth-order valence-electron chi connectivity index (χ4n) is 1.68. The molecule has 0 amide bonds. The first-order valence-electron chi connectivity index (χ1n) is 6.48. The van der Waals surface area contributed by atoms with Crippen molar-refractivity contribution in [2.75, 3.05) is 25.4 Å². The Balaban J connectivity index is 2.46. The lowest BCUT2D eigenvalue weighted by atomic mass is 10.4. The summed E-state index contributed by atoms with van der Waals surface area (Å²) < 4.78 is 28.4. The maximum atomic E-state index is 11.7. The molecule has 0 saturated heterocycles. The van der Waals surface area contributed by atoms with Gasteiger partial charge in [-0.15, -0.1) is 0 Å². The zero-order valence-electron chi connectivity index (χ0n) is 11.4. The van der Waals surface area contributed by atoms with E-state index in [0.717, 1.165) is 12.8 Å². The van der Waals surface area contributed by atoms with E-state index in [1.165, 1.54) is 0 Å². The van der Waals surface area contributed by atoms with E-state index < -0.39 is 9.84 Å². The van der Waals surface area contributed by atoms with Crippen LogP contribution in [0.3, 0.4) is 0 Å². The van der Waals surface area contributed by atoms with Gasteiger partial charge in [0.05, 0.1) is 24.2 Å². The van der Waals surface area contributed by atoms with Crippen molar-refractivity contribution < 1.29 is 17.9 Å². The number of nitrogens with zero attached hydrogens (tertiary/aromatic N) is 1. The molecule has 1 aliphatic carbocycles. The molecule has 0 N–H and O–H groups in total. The first kappa shape index (κ1) is 15.4. The number of sulfone groups is 1. The van der Waals surface area contributed by atoms with E-state index >= 15 is 0 Å². The molecule has 6 heteroatoms. The van der Waals surface area contributed by atoms with Crippen molar-refractivity contribution in [2.45, 2.75) is 44.9 Å². The standard InChI is InChI=1S/C12H23NO4S/c1-4-17-12(14)9-13(11-5-6-11)7-8-18(15,16)10(2)3/h10-11H,4-9H2,1-3H3. The Hall–Kier alpha value is -0.620. The van der Waals surface area contributed by atoms with Gasteiger partial charge in [-0.3, -0.25) is 9.69 Å². The number of esters is 1. The molecule has 1 rings (SSSR count). The summed E-state index contributed by atoms with van der Waals surface area (Å²) in [4.78, 5) is 13.4. The highest BCUT2D eigenvalue weighted by molar-refractivity contribution is 7.92. The molecular weight excluding hydrogens is 254 g/mol. The molecule has 5 nitrogen and oxygen atoms in total. The number of rotatable bonds is 8. The second-order valence-electron chi connectivity index (χ2n) is 4.92. The van der Waals surface area contributed by atoms with Crippen molar-refractivity contribution in [3.05, 3.63) is 0 Å². The summed E-state index contributed by atoms with van der Waals surface area (Å²) >= 11 is 0. The Morgan fingerprint density at radius 1 is 1.39 bits per heavy atom. The van der Waals surface area contributed by atoms with Crippen molar-refractivity contribution in [3.8, 4) is 0 Å². The van der Waals surface area contributed by atoms with Gasteiger partial charge in [0.25, 0.3) is 0 Å². The first-order chi connectivity index (χ1) is 8.36. The minimum atomic E-state index is -3.04. The van der Waals surface area contributed by atoms with Crippen LogP contribution in [0, 0.1) is 0 Å². The van der Waals surface area contributed by atoms with E-state index in [1.807, 2.05) is 4.90 Å². The van der Waals surface area contributed by atoms with E-state index in [1.54, 1.807) is 20.8 Å². The number of ether oxygens (including phenoxy) is 1. The monoisotopic (exact) mass is 277 g/mol. The minimum absolute atomic E-state index is 0.112. The van der Waals surface area contributed by atoms with Crippen LogP contribution in [0.1, 0.15) is 33.6 Å². The minimum Gasteiger partial charge on any atom is -0.465 e. The molecule has 1 aliphatic rings. The maximum absolute atomic E-state index is 11.7. The Morgan fingerprint density at radius 2 is 2.00 bits per heavy atom. The highest BCUT2D eigenvalue weighted by atomic mass is 32.2. The van der Waals surface area contributed by atoms with Gasteiger partial charge in [-0.05, 0) is 33.6 Å². The molecule has 0 aliphatic heterocycles. The fraction of sp³-hybridized carbons (Fsp3) is 0.917. The van der Waals surface area contributed by atoms with Crippen LogP contribution in [-0.2, 0) is 19.4 Å². The molecule has 0 spiro atoms. The Morgan fingerprint density at radius 3 is 2.44 bits per heavy atom. The second-order valence-corrected chi connectivity index (χ2v) is 7.60. The van der Waals surface area contributed by atoms with Crippen LogP contribution in [0.2, 0.25) is 0 Å². The fourth-order valence-corrected chi connectivity index (χ4v) is 2.64. The van der Waals surface area contributed by atoms with Gasteiger partial charge in [0, 0.05) is 12.6 Å². The summed E-state index contributed by atoms with van der Waals surface area (Å²) in [5.74, 6) is -0.160. The molecule has 18 heavy (non-hydrogen) atoms. The predicted octanol–water partition coefficient (Wildman–Crippen LogP) is 0.837. The summed E-state index contributed by atoms with van der Waals surface area (Å²) in [6, 6.07) is 0.358. The highest BCUT2D eigenvalue weighted by Crippen LogP contribution is 2.26. The predicted molar refractivity (Wildman–Crippen MR) is 70.2 cm³/mol. The van der Waals surface area contributed by atoms with E-state index in [2.05, 4.69) is 0 Å². The average Bonchev–Trinajstić information content (AvgIpc) is 3.08. The van der Waals surface area contributed by atoms with E-state index in [9.17, 15) is 13.2 Å². The van der Waals surface area contributed by atoms with Crippen LogP contribution in [0.5, 0.6) is 0 Å². The SMILES string of the molecule is CCOC(=O)CN(CCS(=O)(=O)C(C)C)C1CC1. The van der Waals surface area contributed by atoms with Gasteiger partial charge < -0.3 is 4.74 Å². The van der Waals surface area contributed by atoms with Gasteiger partial charge in [0.15, 0.2) is 9.84 Å². The molecule has 0 aromatic carbocycles. The van der Waals surface area contributed by atoms with Gasteiger partial charge in [0.2, 0.25) is 0 Å². The Labute approximate surface area is 109 Å². The van der Waals surface area contributed by atoms with Crippen LogP contribution < -0.4 is 0 Å². The summed E-state index contributed by atoms with van der Waals surface area (Å²) in [5, 5.41) is -0.360. The van der Waals surface area contributed by atoms with Gasteiger partial charge in [0.1, 0.15) is 0 Å². The summed E-state index contributed by atoms with van der Waals surface area (Å²) in [6.07, 6.45) is 2.09. The topological polar surface area (TPSA) is 63.7 Å². The molecule has 0 unspecified atom stereocenters. The molecule has 0 radical (unpaired) electrons. The normalized spacial score (nSPS) is 16.3. The third kappa shape index (κ3) is 4.94. The first-order valence-corrected chi connectivity index (χ1v) is 8.19. The zero-order valence-corrected chi connectivity index (χ0v) is 12.2. The second kappa shape index (κ2) is 6.52. The van der Waals surface area contributed by atoms with Crippen LogP contribution in [0.15, 0.2) is 0 Å². The van der Waals surface area contributed by atoms with Gasteiger partial charge in [-0.25, -0.2) is 8.42 Å². The Bertz CT molecular complexity index is 374. The van der Waals surface area contributed by atoms with Crippen molar-refractivity contribution in [1.29, 1.82) is 0 Å². The lowest BCUT2D eigenvalue weighted by molar-refractivity contribution is -0.144. The third-order valence-corrected chi connectivity index (χ3v) is 5.27. The van der Waals surface area contributed by atoms with Gasteiger partial charge in [-0.2, -0.15) is 0 Å². The van der Waals surface area contributed by atoms with Crippen LogP contribution >= 0.6 is 0 Å². The molecule has 1 saturated carbocycles. The smallest absolute Gasteiger partial charge is 0.320 e. The van der Waals surface area contributed by atoms with Crippen LogP contribution in [-0.4, -0.2) is 56.0 Å². The number of carbonyl (C=O) groups excluding carboxylic acids is 1. The van der Waals surface area contributed by atoms with Crippen LogP contribution in [0.4, 0.5) is 0 Å².